The number of nitrogens with one attached hydrogen (secondary N) is 3. The van der Waals surface area contributed by atoms with Gasteiger partial charge in [0, 0.05) is 12.6 Å². The normalized spacial score (nSPS) is 10.3. The van der Waals surface area contributed by atoms with E-state index >= 15 is 0 Å². The first-order valence-electron chi connectivity index (χ1n) is 7.78. The standard InChI is InChI=1S/C19H21N3O2S/c1-14-4-3-5-15(12-14)8-11-18(23)21-22-19(25)20-13-16-6-9-17(24-2)10-7-16/h3-12H,13H2,1-2H3,(H,21,23)(H2,20,22,25)/b11-8+. The Bertz CT molecular complexity index is 758. The van der Waals surface area contributed by atoms with Gasteiger partial charge in [-0.15, -0.1) is 0 Å². The summed E-state index contributed by atoms with van der Waals surface area (Å²) < 4.78 is 5.11. The number of amides is 1. The van der Waals surface area contributed by atoms with Gasteiger partial charge in [-0.3, -0.25) is 15.6 Å². The average molecular weight is 355 g/mol. The van der Waals surface area contributed by atoms with Gasteiger partial charge in [-0.2, -0.15) is 0 Å². The molecule has 0 aliphatic carbocycles. The fourth-order valence-electron chi connectivity index (χ4n) is 2.08. The Hall–Kier alpha value is -2.86. The average Bonchev–Trinajstić information content (AvgIpc) is 2.63. The highest BCUT2D eigenvalue weighted by atomic mass is 32.1. The third-order valence-electron chi connectivity index (χ3n) is 3.38. The molecule has 0 aliphatic heterocycles. The van der Waals surface area contributed by atoms with E-state index in [0.29, 0.717) is 11.7 Å². The zero-order chi connectivity index (χ0) is 18.1. The van der Waals surface area contributed by atoms with Crippen molar-refractivity contribution in [2.45, 2.75) is 13.5 Å². The van der Waals surface area contributed by atoms with Crippen molar-refractivity contribution in [1.82, 2.24) is 16.2 Å². The lowest BCUT2D eigenvalue weighted by molar-refractivity contribution is -0.116. The van der Waals surface area contributed by atoms with Gasteiger partial charge in [0.05, 0.1) is 7.11 Å². The minimum atomic E-state index is -0.282. The van der Waals surface area contributed by atoms with Crippen LogP contribution in [0.5, 0.6) is 5.75 Å². The van der Waals surface area contributed by atoms with Gasteiger partial charge >= 0.3 is 0 Å². The molecule has 25 heavy (non-hydrogen) atoms. The Balaban J connectivity index is 1.72. The molecule has 0 spiro atoms. The van der Waals surface area contributed by atoms with Gasteiger partial charge in [0.25, 0.3) is 5.91 Å². The van der Waals surface area contributed by atoms with E-state index in [1.54, 1.807) is 13.2 Å². The van der Waals surface area contributed by atoms with Crippen LogP contribution in [0, 0.1) is 6.92 Å². The summed E-state index contributed by atoms with van der Waals surface area (Å²) in [5.41, 5.74) is 8.35. The molecule has 2 rings (SSSR count). The van der Waals surface area contributed by atoms with Crippen LogP contribution in [0.2, 0.25) is 0 Å². The topological polar surface area (TPSA) is 62.4 Å². The van der Waals surface area contributed by atoms with Gasteiger partial charge < -0.3 is 10.1 Å². The summed E-state index contributed by atoms with van der Waals surface area (Å²) in [7, 11) is 1.63. The van der Waals surface area contributed by atoms with Crippen molar-refractivity contribution in [1.29, 1.82) is 0 Å². The van der Waals surface area contributed by atoms with Crippen LogP contribution in [-0.4, -0.2) is 18.1 Å². The minimum Gasteiger partial charge on any atom is -0.497 e. The minimum absolute atomic E-state index is 0.282. The smallest absolute Gasteiger partial charge is 0.262 e. The van der Waals surface area contributed by atoms with Crippen LogP contribution in [0.25, 0.3) is 6.08 Å². The Morgan fingerprint density at radius 3 is 2.60 bits per heavy atom. The lowest BCUT2D eigenvalue weighted by Gasteiger charge is -2.10. The van der Waals surface area contributed by atoms with E-state index in [9.17, 15) is 4.79 Å². The molecule has 3 N–H and O–H groups in total. The number of hydrogen-bond donors (Lipinski definition) is 3. The van der Waals surface area contributed by atoms with Crippen LogP contribution in [0.3, 0.4) is 0 Å². The molecule has 0 heterocycles. The first-order chi connectivity index (χ1) is 12.1. The molecule has 130 valence electrons. The fourth-order valence-corrected chi connectivity index (χ4v) is 2.20. The number of hydrazine groups is 1. The number of methoxy groups -OCH3 is 1. The van der Waals surface area contributed by atoms with E-state index in [1.165, 1.54) is 6.08 Å². The van der Waals surface area contributed by atoms with Gasteiger partial charge in [-0.25, -0.2) is 0 Å². The van der Waals surface area contributed by atoms with E-state index in [-0.39, 0.29) is 5.91 Å². The van der Waals surface area contributed by atoms with Crippen molar-refractivity contribution in [3.8, 4) is 5.75 Å². The van der Waals surface area contributed by atoms with Crippen molar-refractivity contribution < 1.29 is 9.53 Å². The third kappa shape index (κ3) is 6.64. The molecule has 0 fully saturated rings. The summed E-state index contributed by atoms with van der Waals surface area (Å²) in [5.74, 6) is 0.521. The van der Waals surface area contributed by atoms with E-state index in [4.69, 9.17) is 17.0 Å². The van der Waals surface area contributed by atoms with Crippen molar-refractivity contribution >= 4 is 29.3 Å². The molecule has 0 unspecified atom stereocenters. The maximum atomic E-state index is 11.8. The van der Waals surface area contributed by atoms with Crippen molar-refractivity contribution in [3.05, 3.63) is 71.3 Å². The highest BCUT2D eigenvalue weighted by molar-refractivity contribution is 7.80. The summed E-state index contributed by atoms with van der Waals surface area (Å²) in [6, 6.07) is 15.5. The lowest BCUT2D eigenvalue weighted by atomic mass is 10.1. The first-order valence-corrected chi connectivity index (χ1v) is 8.19. The molecule has 0 atom stereocenters. The Morgan fingerprint density at radius 2 is 1.92 bits per heavy atom. The number of carbonyl (C=O) groups excluding carboxylic acids is 1. The number of carbonyl (C=O) groups is 1. The molecule has 2 aromatic carbocycles. The van der Waals surface area contributed by atoms with Gasteiger partial charge in [-0.05, 0) is 48.5 Å². The maximum Gasteiger partial charge on any atom is 0.262 e. The second-order valence-corrected chi connectivity index (χ2v) is 5.80. The number of rotatable bonds is 5. The van der Waals surface area contributed by atoms with Crippen LogP contribution in [0.15, 0.2) is 54.6 Å². The number of thiocarbonyl (C=S) groups is 1. The summed E-state index contributed by atoms with van der Waals surface area (Å²) in [6.45, 7) is 2.55. The van der Waals surface area contributed by atoms with Crippen LogP contribution < -0.4 is 20.9 Å². The highest BCUT2D eigenvalue weighted by Gasteiger charge is 1.99. The van der Waals surface area contributed by atoms with Crippen LogP contribution in [0.1, 0.15) is 16.7 Å². The number of ether oxygens (including phenoxy) is 1. The maximum absolute atomic E-state index is 11.8. The quantitative estimate of drug-likeness (QED) is 0.437. The molecular weight excluding hydrogens is 334 g/mol. The van der Waals surface area contributed by atoms with Gasteiger partial charge in [-0.1, -0.05) is 42.0 Å². The number of aryl methyl sites for hydroxylation is 1. The van der Waals surface area contributed by atoms with Crippen LogP contribution in [0.4, 0.5) is 0 Å². The SMILES string of the molecule is COc1ccc(CNC(=S)NNC(=O)/C=C/c2cccc(C)c2)cc1. The fraction of sp³-hybridized carbons (Fsp3) is 0.158. The van der Waals surface area contributed by atoms with Gasteiger partial charge in [0.15, 0.2) is 5.11 Å². The third-order valence-corrected chi connectivity index (χ3v) is 3.63. The van der Waals surface area contributed by atoms with E-state index in [1.807, 2.05) is 55.5 Å². The molecule has 0 saturated carbocycles. The molecule has 2 aromatic rings. The Morgan fingerprint density at radius 1 is 1.16 bits per heavy atom. The van der Waals surface area contributed by atoms with Crippen LogP contribution in [-0.2, 0) is 11.3 Å². The molecular formula is C19H21N3O2S. The van der Waals surface area contributed by atoms with Crippen molar-refractivity contribution in [2.24, 2.45) is 0 Å². The predicted octanol–water partition coefficient (Wildman–Crippen LogP) is 2.71. The zero-order valence-electron chi connectivity index (χ0n) is 14.2. The summed E-state index contributed by atoms with van der Waals surface area (Å²) in [5, 5.41) is 3.35. The molecule has 0 aromatic heterocycles. The second kappa shape index (κ2) is 9.44. The molecule has 0 saturated heterocycles. The molecule has 0 radical (unpaired) electrons. The summed E-state index contributed by atoms with van der Waals surface area (Å²) in [6.07, 6.45) is 3.20. The molecule has 6 heteroatoms. The van der Waals surface area contributed by atoms with E-state index < -0.39 is 0 Å². The number of benzene rings is 2. The van der Waals surface area contributed by atoms with E-state index in [2.05, 4.69) is 16.2 Å². The largest absolute Gasteiger partial charge is 0.497 e. The molecule has 5 nitrogen and oxygen atoms in total. The summed E-state index contributed by atoms with van der Waals surface area (Å²) in [4.78, 5) is 11.8. The summed E-state index contributed by atoms with van der Waals surface area (Å²) >= 11 is 5.13. The van der Waals surface area contributed by atoms with Crippen LogP contribution >= 0.6 is 12.2 Å². The monoisotopic (exact) mass is 355 g/mol. The zero-order valence-corrected chi connectivity index (χ0v) is 15.0. The lowest BCUT2D eigenvalue weighted by Crippen LogP contribution is -2.45. The van der Waals surface area contributed by atoms with Gasteiger partial charge in [0.2, 0.25) is 0 Å². The first kappa shape index (κ1) is 18.5. The highest BCUT2D eigenvalue weighted by Crippen LogP contribution is 2.10. The second-order valence-electron chi connectivity index (χ2n) is 5.39. The van der Waals surface area contributed by atoms with Crippen molar-refractivity contribution in [3.63, 3.8) is 0 Å². The molecule has 1 amide bonds. The molecule has 0 aliphatic rings. The van der Waals surface area contributed by atoms with E-state index in [0.717, 1.165) is 22.4 Å². The molecule has 0 bridgehead atoms. The van der Waals surface area contributed by atoms with Gasteiger partial charge in [0.1, 0.15) is 5.75 Å². The Kier molecular flexibility index (Phi) is 6.98. The van der Waals surface area contributed by atoms with Crippen molar-refractivity contribution in [2.75, 3.05) is 7.11 Å². The predicted molar refractivity (Wildman–Crippen MR) is 104 cm³/mol. The number of hydrogen-bond acceptors (Lipinski definition) is 3. The Labute approximate surface area is 153 Å².